The van der Waals surface area contributed by atoms with E-state index in [1.165, 1.54) is 24.4 Å². The molecule has 8 nitrogen and oxygen atoms in total. The number of nitrogens with one attached hydrogen (secondary N) is 2. The summed E-state index contributed by atoms with van der Waals surface area (Å²) in [7, 11) is 0. The third kappa shape index (κ3) is 6.74. The molecule has 3 rings (SSSR count). The Morgan fingerprint density at radius 2 is 1.81 bits per heavy atom. The molecule has 2 aromatic carbocycles. The highest BCUT2D eigenvalue weighted by atomic mass is 35.5. The maximum atomic E-state index is 12.7. The summed E-state index contributed by atoms with van der Waals surface area (Å²) in [4.78, 5) is 37.5. The van der Waals surface area contributed by atoms with Crippen LogP contribution in [0.2, 0.25) is 10.0 Å². The molecule has 1 unspecified atom stereocenters. The predicted octanol–water partition coefficient (Wildman–Crippen LogP) is 5.33. The van der Waals surface area contributed by atoms with E-state index in [0.717, 1.165) is 0 Å². The minimum absolute atomic E-state index is 0.221. The van der Waals surface area contributed by atoms with E-state index in [-0.39, 0.29) is 23.1 Å². The molecule has 188 valence electrons. The number of halogens is 2. The fraction of sp³-hybridized carbons (Fsp3) is 0.231. The lowest BCUT2D eigenvalue weighted by atomic mass is 10.0. The van der Waals surface area contributed by atoms with Crippen LogP contribution >= 0.6 is 23.2 Å². The normalized spacial score (nSPS) is 11.9. The Morgan fingerprint density at radius 1 is 1.06 bits per heavy atom. The van der Waals surface area contributed by atoms with E-state index in [9.17, 15) is 14.4 Å². The van der Waals surface area contributed by atoms with Gasteiger partial charge in [0.05, 0.1) is 28.4 Å². The molecule has 0 saturated carbocycles. The lowest BCUT2D eigenvalue weighted by Gasteiger charge is -2.20. The highest BCUT2D eigenvalue weighted by Gasteiger charge is 2.25. The average Bonchev–Trinajstić information content (AvgIpc) is 3.32. The fourth-order valence-electron chi connectivity index (χ4n) is 3.28. The van der Waals surface area contributed by atoms with Crippen LogP contribution in [0.15, 0.2) is 64.1 Å². The smallest absolute Gasteiger partial charge is 0.338 e. The standard InChI is InChI=1S/C26H25Cl2N3O5/c1-4-35-26(34)19-8-6-5-7-18(19)22-12-10-17(36-22)14-29-31-25(33)23(15(2)3)30-24(32)16-9-11-20(27)21(28)13-16/h5-15,23H,4H2,1-3H3,(H,30,32)(H,31,33)/b29-14-. The second kappa shape index (κ2) is 12.4. The molecular weight excluding hydrogens is 505 g/mol. The fourth-order valence-corrected chi connectivity index (χ4v) is 3.58. The Balaban J connectivity index is 1.67. The van der Waals surface area contributed by atoms with E-state index in [1.54, 1.807) is 57.2 Å². The van der Waals surface area contributed by atoms with Gasteiger partial charge in [0.25, 0.3) is 11.8 Å². The summed E-state index contributed by atoms with van der Waals surface area (Å²) in [5.74, 6) is -0.849. The first-order valence-electron chi connectivity index (χ1n) is 11.2. The second-order valence-electron chi connectivity index (χ2n) is 8.03. The monoisotopic (exact) mass is 529 g/mol. The Bertz CT molecular complexity index is 1290. The molecule has 10 heteroatoms. The number of carbonyl (C=O) groups excluding carboxylic acids is 3. The van der Waals surface area contributed by atoms with Crippen LogP contribution in [-0.2, 0) is 9.53 Å². The number of hydrazone groups is 1. The molecule has 0 aliphatic rings. The highest BCUT2D eigenvalue weighted by Crippen LogP contribution is 2.26. The lowest BCUT2D eigenvalue weighted by Crippen LogP contribution is -2.48. The molecular formula is C26H25Cl2N3O5. The van der Waals surface area contributed by atoms with Crippen molar-refractivity contribution < 1.29 is 23.5 Å². The van der Waals surface area contributed by atoms with E-state index in [0.29, 0.717) is 27.7 Å². The highest BCUT2D eigenvalue weighted by molar-refractivity contribution is 6.42. The summed E-state index contributed by atoms with van der Waals surface area (Å²) >= 11 is 11.9. The number of hydrogen-bond donors (Lipinski definition) is 2. The van der Waals surface area contributed by atoms with Crippen LogP contribution in [0.5, 0.6) is 0 Å². The molecule has 2 N–H and O–H groups in total. The van der Waals surface area contributed by atoms with Gasteiger partial charge >= 0.3 is 5.97 Å². The van der Waals surface area contributed by atoms with Gasteiger partial charge in [-0.3, -0.25) is 9.59 Å². The molecule has 36 heavy (non-hydrogen) atoms. The molecule has 2 amide bonds. The largest absolute Gasteiger partial charge is 0.462 e. The number of furan rings is 1. The number of benzene rings is 2. The molecule has 0 aliphatic heterocycles. The average molecular weight is 530 g/mol. The first kappa shape index (κ1) is 27.0. The molecule has 1 atom stereocenters. The minimum atomic E-state index is -0.854. The Hall–Kier alpha value is -3.62. The van der Waals surface area contributed by atoms with Gasteiger partial charge < -0.3 is 14.5 Å². The van der Waals surface area contributed by atoms with Crippen molar-refractivity contribution in [3.8, 4) is 11.3 Å². The molecule has 1 aromatic heterocycles. The third-order valence-corrected chi connectivity index (χ3v) is 5.84. The molecule has 1 heterocycles. The molecule has 0 aliphatic carbocycles. The molecule has 0 spiro atoms. The molecule has 0 saturated heterocycles. The number of nitrogens with zero attached hydrogens (tertiary/aromatic N) is 1. The summed E-state index contributed by atoms with van der Waals surface area (Å²) in [5, 5.41) is 7.19. The van der Waals surface area contributed by atoms with Gasteiger partial charge in [-0.1, -0.05) is 55.2 Å². The van der Waals surface area contributed by atoms with E-state index >= 15 is 0 Å². The van der Waals surface area contributed by atoms with Crippen molar-refractivity contribution in [2.45, 2.75) is 26.8 Å². The van der Waals surface area contributed by atoms with Crippen molar-refractivity contribution in [3.63, 3.8) is 0 Å². The summed E-state index contributed by atoms with van der Waals surface area (Å²) in [5.41, 5.74) is 3.65. The summed E-state index contributed by atoms with van der Waals surface area (Å²) < 4.78 is 10.9. The number of esters is 1. The maximum absolute atomic E-state index is 12.7. The van der Waals surface area contributed by atoms with Gasteiger partial charge in [0.1, 0.15) is 17.6 Å². The number of carbonyl (C=O) groups is 3. The van der Waals surface area contributed by atoms with Crippen LogP contribution < -0.4 is 10.7 Å². The van der Waals surface area contributed by atoms with Gasteiger partial charge in [0, 0.05) is 11.1 Å². The lowest BCUT2D eigenvalue weighted by molar-refractivity contribution is -0.123. The van der Waals surface area contributed by atoms with Crippen molar-refractivity contribution in [2.75, 3.05) is 6.61 Å². The van der Waals surface area contributed by atoms with Crippen LogP contribution in [0.3, 0.4) is 0 Å². The maximum Gasteiger partial charge on any atom is 0.338 e. The van der Waals surface area contributed by atoms with Crippen molar-refractivity contribution in [1.29, 1.82) is 0 Å². The topological polar surface area (TPSA) is 110 Å². The summed E-state index contributed by atoms with van der Waals surface area (Å²) in [6.07, 6.45) is 1.33. The Morgan fingerprint density at radius 3 is 2.50 bits per heavy atom. The van der Waals surface area contributed by atoms with Gasteiger partial charge in [-0.2, -0.15) is 5.10 Å². The quantitative estimate of drug-likeness (QED) is 0.221. The van der Waals surface area contributed by atoms with E-state index in [1.807, 2.05) is 0 Å². The Labute approximate surface area is 218 Å². The predicted molar refractivity (Wildman–Crippen MR) is 138 cm³/mol. The number of hydrogen-bond acceptors (Lipinski definition) is 6. The summed E-state index contributed by atoms with van der Waals surface area (Å²) in [6.45, 7) is 5.58. The number of amides is 2. The second-order valence-corrected chi connectivity index (χ2v) is 8.84. The van der Waals surface area contributed by atoms with Gasteiger partial charge in [0.2, 0.25) is 0 Å². The van der Waals surface area contributed by atoms with Crippen molar-refractivity contribution in [1.82, 2.24) is 10.7 Å². The van der Waals surface area contributed by atoms with Gasteiger partial charge in [-0.05, 0) is 49.2 Å². The zero-order valence-corrected chi connectivity index (χ0v) is 21.4. The van der Waals surface area contributed by atoms with Crippen molar-refractivity contribution in [3.05, 3.63) is 81.5 Å². The van der Waals surface area contributed by atoms with Crippen molar-refractivity contribution in [2.24, 2.45) is 11.0 Å². The SMILES string of the molecule is CCOC(=O)c1ccccc1-c1ccc(/C=N\NC(=O)C(NC(=O)c2ccc(Cl)c(Cl)c2)C(C)C)o1. The van der Waals surface area contributed by atoms with E-state index < -0.39 is 23.8 Å². The zero-order chi connectivity index (χ0) is 26.2. The van der Waals surface area contributed by atoms with Gasteiger partial charge in [0.15, 0.2) is 0 Å². The third-order valence-electron chi connectivity index (χ3n) is 5.10. The molecule has 0 radical (unpaired) electrons. The first-order chi connectivity index (χ1) is 17.2. The first-order valence-corrected chi connectivity index (χ1v) is 11.9. The molecule has 3 aromatic rings. The molecule has 0 bridgehead atoms. The van der Waals surface area contributed by atoms with E-state index in [4.69, 9.17) is 32.4 Å². The van der Waals surface area contributed by atoms with Crippen LogP contribution in [0.4, 0.5) is 0 Å². The van der Waals surface area contributed by atoms with E-state index in [2.05, 4.69) is 15.8 Å². The molecule has 0 fully saturated rings. The van der Waals surface area contributed by atoms with Gasteiger partial charge in [-0.15, -0.1) is 0 Å². The summed E-state index contributed by atoms with van der Waals surface area (Å²) in [6, 6.07) is 13.9. The number of ether oxygens (including phenoxy) is 1. The van der Waals surface area contributed by atoms with Gasteiger partial charge in [-0.25, -0.2) is 10.2 Å². The van der Waals surface area contributed by atoms with Crippen LogP contribution in [0.1, 0.15) is 47.2 Å². The minimum Gasteiger partial charge on any atom is -0.462 e. The number of rotatable bonds is 9. The van der Waals surface area contributed by atoms with Crippen LogP contribution in [-0.4, -0.2) is 36.6 Å². The zero-order valence-electron chi connectivity index (χ0n) is 19.9. The van der Waals surface area contributed by atoms with Crippen molar-refractivity contribution >= 4 is 47.2 Å². The Kier molecular flexibility index (Phi) is 9.27. The van der Waals surface area contributed by atoms with Crippen LogP contribution in [0, 0.1) is 5.92 Å². The van der Waals surface area contributed by atoms with Crippen LogP contribution in [0.25, 0.3) is 11.3 Å².